The van der Waals surface area contributed by atoms with Gasteiger partial charge in [-0.25, -0.2) is 0 Å². The van der Waals surface area contributed by atoms with Crippen LogP contribution in [0.1, 0.15) is 37.7 Å². The maximum absolute atomic E-state index is 13.1. The molecule has 0 bridgehead atoms. The molecule has 8 heteroatoms. The van der Waals surface area contributed by atoms with Gasteiger partial charge in [0.1, 0.15) is 6.54 Å². The molecule has 4 rings (SSSR count). The van der Waals surface area contributed by atoms with Crippen molar-refractivity contribution in [3.8, 4) is 0 Å². The van der Waals surface area contributed by atoms with Crippen LogP contribution in [0.3, 0.4) is 0 Å². The third kappa shape index (κ3) is 5.21. The molecule has 1 unspecified atom stereocenters. The van der Waals surface area contributed by atoms with Crippen LogP contribution in [0, 0.1) is 12.8 Å². The normalized spacial score (nSPS) is 22.8. The minimum absolute atomic E-state index is 0.0879. The number of hydrogen-bond donors (Lipinski definition) is 0. The van der Waals surface area contributed by atoms with Gasteiger partial charge in [-0.1, -0.05) is 6.42 Å². The highest BCUT2D eigenvalue weighted by molar-refractivity contribution is 5.80. The second kappa shape index (κ2) is 9.92. The van der Waals surface area contributed by atoms with Crippen molar-refractivity contribution in [1.29, 1.82) is 0 Å². The van der Waals surface area contributed by atoms with Gasteiger partial charge in [0.05, 0.1) is 25.5 Å². The van der Waals surface area contributed by atoms with Crippen molar-refractivity contribution in [2.24, 2.45) is 5.92 Å². The fourth-order valence-electron chi connectivity index (χ4n) is 4.67. The molecule has 1 aromatic heterocycles. The molecule has 1 aliphatic carbocycles. The van der Waals surface area contributed by atoms with E-state index < -0.39 is 0 Å². The molecule has 30 heavy (non-hydrogen) atoms. The van der Waals surface area contributed by atoms with Crippen LogP contribution in [0.25, 0.3) is 0 Å². The van der Waals surface area contributed by atoms with Crippen molar-refractivity contribution in [2.45, 2.75) is 51.6 Å². The van der Waals surface area contributed by atoms with Gasteiger partial charge in [0.15, 0.2) is 0 Å². The van der Waals surface area contributed by atoms with Crippen LogP contribution in [0.2, 0.25) is 0 Å². The maximum atomic E-state index is 13.1. The lowest BCUT2D eigenvalue weighted by molar-refractivity contribution is -0.141. The number of aromatic nitrogens is 2. The Morgan fingerprint density at radius 3 is 2.67 bits per heavy atom. The minimum atomic E-state index is 0.0879. The molecule has 0 spiro atoms. The maximum Gasteiger partial charge on any atom is 0.244 e. The summed E-state index contributed by atoms with van der Waals surface area (Å²) in [5.41, 5.74) is 1.06. The van der Waals surface area contributed by atoms with Gasteiger partial charge in [-0.2, -0.15) is 5.10 Å². The summed E-state index contributed by atoms with van der Waals surface area (Å²) < 4.78 is 7.13. The van der Waals surface area contributed by atoms with Gasteiger partial charge in [-0.15, -0.1) is 0 Å². The smallest absolute Gasteiger partial charge is 0.244 e. The van der Waals surface area contributed by atoms with E-state index in [1.54, 1.807) is 10.9 Å². The van der Waals surface area contributed by atoms with Crippen molar-refractivity contribution >= 4 is 11.8 Å². The molecule has 3 heterocycles. The van der Waals surface area contributed by atoms with Crippen LogP contribution in [0.5, 0.6) is 0 Å². The number of morpholine rings is 1. The van der Waals surface area contributed by atoms with Crippen molar-refractivity contribution in [2.75, 3.05) is 52.5 Å². The predicted octanol–water partition coefficient (Wildman–Crippen LogP) is 1.14. The van der Waals surface area contributed by atoms with Crippen LogP contribution in [-0.2, 0) is 20.9 Å². The van der Waals surface area contributed by atoms with E-state index in [0.717, 1.165) is 83.6 Å². The van der Waals surface area contributed by atoms with Crippen LogP contribution >= 0.6 is 0 Å². The lowest BCUT2D eigenvalue weighted by atomic mass is 9.84. The Kier molecular flexibility index (Phi) is 7.04. The Morgan fingerprint density at radius 1 is 1.20 bits per heavy atom. The summed E-state index contributed by atoms with van der Waals surface area (Å²) in [6.07, 6.45) is 8.72. The number of ether oxygens (including phenoxy) is 1. The molecule has 1 saturated carbocycles. The monoisotopic (exact) mass is 417 g/mol. The van der Waals surface area contributed by atoms with Crippen molar-refractivity contribution in [1.82, 2.24) is 24.5 Å². The Hall–Kier alpha value is -1.93. The molecule has 1 aromatic rings. The Bertz CT molecular complexity index is 726. The number of nitrogens with zero attached hydrogens (tertiary/aromatic N) is 5. The molecule has 8 nitrogen and oxygen atoms in total. The Morgan fingerprint density at radius 2 is 2.00 bits per heavy atom. The number of amides is 2. The highest BCUT2D eigenvalue weighted by Crippen LogP contribution is 2.30. The summed E-state index contributed by atoms with van der Waals surface area (Å²) in [5.74, 6) is 0.598. The van der Waals surface area contributed by atoms with Crippen molar-refractivity contribution in [3.63, 3.8) is 0 Å². The molecule has 0 N–H and O–H groups in total. The van der Waals surface area contributed by atoms with Crippen molar-refractivity contribution in [3.05, 3.63) is 18.0 Å². The summed E-state index contributed by atoms with van der Waals surface area (Å²) in [7, 11) is 0. The number of aryl methyl sites for hydroxylation is 1. The van der Waals surface area contributed by atoms with Crippen LogP contribution in [-0.4, -0.2) is 94.8 Å². The zero-order valence-corrected chi connectivity index (χ0v) is 18.2. The summed E-state index contributed by atoms with van der Waals surface area (Å²) in [6, 6.07) is 0.145. The molecule has 0 aromatic carbocycles. The number of rotatable bonds is 8. The van der Waals surface area contributed by atoms with Gasteiger partial charge in [0.25, 0.3) is 0 Å². The number of hydrogen-bond acceptors (Lipinski definition) is 5. The van der Waals surface area contributed by atoms with Gasteiger partial charge < -0.3 is 14.5 Å². The molecule has 3 fully saturated rings. The van der Waals surface area contributed by atoms with E-state index in [4.69, 9.17) is 4.74 Å². The molecule has 2 amide bonds. The SMILES string of the molecule is Cc1cnn(CC(=O)N2CCC(N(CCCN3CCOCC3)C(=O)C3CCC3)C2)c1. The average Bonchev–Trinajstić information content (AvgIpc) is 3.34. The summed E-state index contributed by atoms with van der Waals surface area (Å²) in [5, 5.41) is 4.23. The first-order valence-corrected chi connectivity index (χ1v) is 11.5. The van der Waals surface area contributed by atoms with Crippen LogP contribution in [0.15, 0.2) is 12.4 Å². The molecule has 2 aliphatic heterocycles. The highest BCUT2D eigenvalue weighted by Gasteiger charge is 2.37. The standard InChI is InChI=1S/C22H35N5O3/c1-18-14-23-26(15-18)17-21(28)25-9-6-20(16-25)27(22(29)19-4-2-5-19)8-3-7-24-10-12-30-13-11-24/h14-15,19-20H,2-13,16-17H2,1H3. The Balaban J connectivity index is 1.31. The molecular weight excluding hydrogens is 382 g/mol. The van der Waals surface area contributed by atoms with E-state index in [1.165, 1.54) is 0 Å². The lowest BCUT2D eigenvalue weighted by Crippen LogP contribution is -2.48. The molecule has 2 saturated heterocycles. The topological polar surface area (TPSA) is 70.9 Å². The zero-order valence-electron chi connectivity index (χ0n) is 18.2. The molecule has 3 aliphatic rings. The third-order valence-electron chi connectivity index (χ3n) is 6.73. The first-order valence-electron chi connectivity index (χ1n) is 11.5. The summed E-state index contributed by atoms with van der Waals surface area (Å²) in [6.45, 7) is 8.99. The number of carbonyl (C=O) groups is 2. The van der Waals surface area contributed by atoms with Gasteiger partial charge in [0, 0.05) is 51.4 Å². The van der Waals surface area contributed by atoms with E-state index >= 15 is 0 Å². The van der Waals surface area contributed by atoms with E-state index in [9.17, 15) is 9.59 Å². The first-order chi connectivity index (χ1) is 14.6. The van der Waals surface area contributed by atoms with E-state index in [2.05, 4.69) is 14.9 Å². The number of likely N-dealkylation sites (tertiary alicyclic amines) is 1. The predicted molar refractivity (Wildman–Crippen MR) is 113 cm³/mol. The van der Waals surface area contributed by atoms with Gasteiger partial charge in [-0.05, 0) is 38.2 Å². The first kappa shape index (κ1) is 21.3. The molecular formula is C22H35N5O3. The molecule has 166 valence electrons. The highest BCUT2D eigenvalue weighted by atomic mass is 16.5. The van der Waals surface area contributed by atoms with Gasteiger partial charge in [-0.3, -0.25) is 19.2 Å². The fourth-order valence-corrected chi connectivity index (χ4v) is 4.67. The zero-order chi connectivity index (χ0) is 20.9. The fraction of sp³-hybridized carbons (Fsp3) is 0.773. The second-order valence-corrected chi connectivity index (χ2v) is 8.96. The third-order valence-corrected chi connectivity index (χ3v) is 6.73. The molecule has 1 atom stereocenters. The number of carbonyl (C=O) groups excluding carboxylic acids is 2. The van der Waals surface area contributed by atoms with Crippen LogP contribution < -0.4 is 0 Å². The largest absolute Gasteiger partial charge is 0.379 e. The quantitative estimate of drug-likeness (QED) is 0.635. The Labute approximate surface area is 179 Å². The lowest BCUT2D eigenvalue weighted by Gasteiger charge is -2.36. The van der Waals surface area contributed by atoms with E-state index in [0.29, 0.717) is 12.5 Å². The van der Waals surface area contributed by atoms with Crippen LogP contribution in [0.4, 0.5) is 0 Å². The second-order valence-electron chi connectivity index (χ2n) is 8.96. The van der Waals surface area contributed by atoms with Gasteiger partial charge in [0.2, 0.25) is 11.8 Å². The minimum Gasteiger partial charge on any atom is -0.379 e. The molecule has 0 radical (unpaired) electrons. The average molecular weight is 418 g/mol. The van der Waals surface area contributed by atoms with Gasteiger partial charge >= 0.3 is 0 Å². The summed E-state index contributed by atoms with van der Waals surface area (Å²) in [4.78, 5) is 32.3. The van der Waals surface area contributed by atoms with E-state index in [1.807, 2.05) is 18.0 Å². The van der Waals surface area contributed by atoms with Crippen molar-refractivity contribution < 1.29 is 14.3 Å². The van der Waals surface area contributed by atoms with E-state index in [-0.39, 0.29) is 24.4 Å². The summed E-state index contributed by atoms with van der Waals surface area (Å²) >= 11 is 0.